The van der Waals surface area contributed by atoms with E-state index in [1.165, 1.54) is 6.92 Å². The van der Waals surface area contributed by atoms with E-state index in [9.17, 15) is 9.59 Å². The second-order valence-electron chi connectivity index (χ2n) is 6.72. The molecule has 8 heteroatoms. The van der Waals surface area contributed by atoms with Gasteiger partial charge in [-0.05, 0) is 31.5 Å². The highest BCUT2D eigenvalue weighted by atomic mass is 32.0. The fourth-order valence-electron chi connectivity index (χ4n) is 3.27. The third-order valence-electron chi connectivity index (χ3n) is 4.56. The molecule has 0 aromatic heterocycles. The van der Waals surface area contributed by atoms with Gasteiger partial charge in [0.15, 0.2) is 0 Å². The highest BCUT2D eigenvalue weighted by molar-refractivity contribution is 8.00. The lowest BCUT2D eigenvalue weighted by Gasteiger charge is -2.20. The molecule has 148 valence electrons. The zero-order valence-electron chi connectivity index (χ0n) is 15.6. The van der Waals surface area contributed by atoms with Crippen LogP contribution in [0.4, 0.5) is 0 Å². The standard InChI is InChI=1S/C19H27O5P3/c1-12-4-3-5-14(8-12)22-11-15(24-27-26)6-7-16-17(9-13(2)20)18(21)10-19(16)23-25/h3-8,15-17,19,27H,9-11,25-26H2,1-2H3/b7-6+/t15-,16-,17-,19-/m1/s1. The van der Waals surface area contributed by atoms with Crippen LogP contribution in [0.2, 0.25) is 0 Å². The van der Waals surface area contributed by atoms with Crippen molar-refractivity contribution in [2.24, 2.45) is 11.8 Å². The third kappa shape index (κ3) is 7.00. The molecule has 27 heavy (non-hydrogen) atoms. The predicted molar refractivity (Wildman–Crippen MR) is 115 cm³/mol. The molecule has 2 rings (SSSR count). The summed E-state index contributed by atoms with van der Waals surface area (Å²) in [6.45, 7) is 3.89. The van der Waals surface area contributed by atoms with E-state index in [1.54, 1.807) is 0 Å². The van der Waals surface area contributed by atoms with Gasteiger partial charge in [-0.25, -0.2) is 0 Å². The third-order valence-corrected chi connectivity index (χ3v) is 5.76. The van der Waals surface area contributed by atoms with Crippen molar-refractivity contribution in [3.05, 3.63) is 42.0 Å². The van der Waals surface area contributed by atoms with Crippen LogP contribution in [0.25, 0.3) is 0 Å². The van der Waals surface area contributed by atoms with Crippen LogP contribution >= 0.6 is 26.9 Å². The van der Waals surface area contributed by atoms with E-state index in [1.807, 2.05) is 43.3 Å². The molecule has 0 amide bonds. The molecular weight excluding hydrogens is 401 g/mol. The van der Waals surface area contributed by atoms with Crippen LogP contribution in [0, 0.1) is 18.8 Å². The normalized spacial score (nSPS) is 24.1. The second kappa shape index (κ2) is 11.3. The Morgan fingerprint density at radius 3 is 2.85 bits per heavy atom. The fraction of sp³-hybridized carbons (Fsp3) is 0.474. The molecule has 0 N–H and O–H groups in total. The molecular formula is C19H27O5P3. The van der Waals surface area contributed by atoms with Crippen LogP contribution in [0.3, 0.4) is 0 Å². The lowest BCUT2D eigenvalue weighted by atomic mass is 9.89. The Bertz CT molecular complexity index is 679. The van der Waals surface area contributed by atoms with Crippen LogP contribution in [0.15, 0.2) is 36.4 Å². The largest absolute Gasteiger partial charge is 0.491 e. The monoisotopic (exact) mass is 428 g/mol. The van der Waals surface area contributed by atoms with E-state index >= 15 is 0 Å². The van der Waals surface area contributed by atoms with Gasteiger partial charge < -0.3 is 18.6 Å². The molecule has 1 aromatic rings. The number of aryl methyl sites for hydroxylation is 1. The van der Waals surface area contributed by atoms with Crippen LogP contribution in [0.5, 0.6) is 5.75 Å². The predicted octanol–water partition coefficient (Wildman–Crippen LogP) is 4.06. The number of carbonyl (C=O) groups excluding carboxylic acids is 2. The molecule has 0 saturated heterocycles. The van der Waals surface area contributed by atoms with Gasteiger partial charge in [0.2, 0.25) is 0 Å². The highest BCUT2D eigenvalue weighted by Crippen LogP contribution is 2.36. The van der Waals surface area contributed by atoms with Crippen molar-refractivity contribution >= 4 is 38.5 Å². The molecule has 0 spiro atoms. The lowest BCUT2D eigenvalue weighted by Crippen LogP contribution is -2.22. The van der Waals surface area contributed by atoms with E-state index in [0.717, 1.165) is 11.3 Å². The second-order valence-corrected chi connectivity index (χ2v) is 8.17. The van der Waals surface area contributed by atoms with Gasteiger partial charge in [0, 0.05) is 42.6 Å². The van der Waals surface area contributed by atoms with E-state index in [-0.39, 0.29) is 50.5 Å². The first-order valence-electron chi connectivity index (χ1n) is 8.81. The van der Waals surface area contributed by atoms with E-state index in [2.05, 4.69) is 18.4 Å². The Kier molecular flexibility index (Phi) is 9.50. The highest BCUT2D eigenvalue weighted by Gasteiger charge is 2.41. The summed E-state index contributed by atoms with van der Waals surface area (Å²) >= 11 is 0. The minimum atomic E-state index is -0.332. The molecule has 0 heterocycles. The number of hydrogen-bond donors (Lipinski definition) is 0. The molecule has 3 unspecified atom stereocenters. The average molecular weight is 428 g/mol. The van der Waals surface area contributed by atoms with Gasteiger partial charge in [0.25, 0.3) is 0 Å². The first kappa shape index (κ1) is 22.6. The number of ether oxygens (including phenoxy) is 1. The summed E-state index contributed by atoms with van der Waals surface area (Å²) < 4.78 is 17.0. The van der Waals surface area contributed by atoms with Crippen molar-refractivity contribution < 1.29 is 23.4 Å². The summed E-state index contributed by atoms with van der Waals surface area (Å²) in [4.78, 5) is 23.8. The maximum absolute atomic E-state index is 12.3. The molecule has 0 bridgehead atoms. The first-order chi connectivity index (χ1) is 12.9. The maximum atomic E-state index is 12.3. The Labute approximate surface area is 167 Å². The Morgan fingerprint density at radius 2 is 2.22 bits per heavy atom. The minimum Gasteiger partial charge on any atom is -0.491 e. The topological polar surface area (TPSA) is 61.8 Å². The van der Waals surface area contributed by atoms with Gasteiger partial charge >= 0.3 is 0 Å². The zero-order chi connectivity index (χ0) is 19.8. The van der Waals surface area contributed by atoms with Gasteiger partial charge in [-0.2, -0.15) is 0 Å². The smallest absolute Gasteiger partial charge is 0.139 e. The van der Waals surface area contributed by atoms with Gasteiger partial charge in [-0.15, -0.1) is 0 Å². The molecule has 7 atom stereocenters. The number of rotatable bonds is 10. The lowest BCUT2D eigenvalue weighted by molar-refractivity contribution is -0.125. The van der Waals surface area contributed by atoms with Crippen LogP contribution < -0.4 is 4.74 Å². The number of benzene rings is 1. The van der Waals surface area contributed by atoms with Gasteiger partial charge in [0.05, 0.1) is 6.10 Å². The quantitative estimate of drug-likeness (QED) is 0.416. The van der Waals surface area contributed by atoms with Gasteiger partial charge in [-0.3, -0.25) is 4.79 Å². The van der Waals surface area contributed by atoms with E-state index < -0.39 is 0 Å². The van der Waals surface area contributed by atoms with Crippen molar-refractivity contribution in [2.75, 3.05) is 6.61 Å². The SMILES string of the molecule is CC(=O)C[C@H]1C(=O)C[C@@H](OP)[C@@H]1/C=C/[C@H](COc1cccc(C)c1)OPP. The summed E-state index contributed by atoms with van der Waals surface area (Å²) in [7, 11) is 5.02. The molecule has 1 aliphatic rings. The molecule has 0 aliphatic heterocycles. The average Bonchev–Trinajstić information content (AvgIpc) is 2.92. The van der Waals surface area contributed by atoms with Crippen molar-refractivity contribution in [3.63, 3.8) is 0 Å². The summed E-state index contributed by atoms with van der Waals surface area (Å²) in [6, 6.07) is 7.85. The summed E-state index contributed by atoms with van der Waals surface area (Å²) in [5.41, 5.74) is 1.13. The zero-order valence-corrected chi connectivity index (χ0v) is 18.9. The summed E-state index contributed by atoms with van der Waals surface area (Å²) in [5, 5.41) is 0. The molecule has 5 nitrogen and oxygen atoms in total. The Morgan fingerprint density at radius 1 is 1.44 bits per heavy atom. The number of ketones is 2. The summed E-state index contributed by atoms with van der Waals surface area (Å²) in [5.74, 6) is 0.408. The maximum Gasteiger partial charge on any atom is 0.139 e. The van der Waals surface area contributed by atoms with Crippen molar-refractivity contribution in [1.29, 1.82) is 0 Å². The van der Waals surface area contributed by atoms with Crippen LogP contribution in [-0.4, -0.2) is 30.4 Å². The number of carbonyl (C=O) groups is 2. The molecule has 1 fully saturated rings. The summed E-state index contributed by atoms with van der Waals surface area (Å²) in [6.07, 6.45) is 3.95. The van der Waals surface area contributed by atoms with Gasteiger partial charge in [0.1, 0.15) is 30.0 Å². The first-order valence-corrected chi connectivity index (χ1v) is 12.0. The molecule has 1 aliphatic carbocycles. The van der Waals surface area contributed by atoms with Crippen LogP contribution in [0.1, 0.15) is 25.3 Å². The molecule has 1 saturated carbocycles. The molecule has 1 aromatic carbocycles. The number of hydrogen-bond acceptors (Lipinski definition) is 5. The number of Topliss-reactive ketones (excluding diaryl/α,β-unsaturated/α-hetero) is 2. The van der Waals surface area contributed by atoms with Crippen molar-refractivity contribution in [1.82, 2.24) is 0 Å². The Balaban J connectivity index is 2.06. The Hall–Kier alpha value is -0.690. The fourth-order valence-corrected chi connectivity index (χ4v) is 4.39. The van der Waals surface area contributed by atoms with Crippen molar-refractivity contribution in [2.45, 2.75) is 38.9 Å². The van der Waals surface area contributed by atoms with Gasteiger partial charge in [-0.1, -0.05) is 33.2 Å². The van der Waals surface area contributed by atoms with E-state index in [0.29, 0.717) is 13.0 Å². The molecule has 0 radical (unpaired) electrons. The minimum absolute atomic E-state index is 0.0122. The van der Waals surface area contributed by atoms with E-state index in [4.69, 9.17) is 13.8 Å². The van der Waals surface area contributed by atoms with Crippen molar-refractivity contribution in [3.8, 4) is 5.75 Å². The van der Waals surface area contributed by atoms with Crippen LogP contribution in [-0.2, 0) is 18.6 Å².